The molecule has 18 heavy (non-hydrogen) atoms. The SMILES string of the molecule is Cc1noc(NS(=O)(=O)c2ccc(CCN)s2)n1. The number of nitrogens with one attached hydrogen (secondary N) is 1. The van der Waals surface area contributed by atoms with Crippen LogP contribution >= 0.6 is 11.3 Å². The predicted molar refractivity (Wildman–Crippen MR) is 66.9 cm³/mol. The molecule has 0 saturated heterocycles. The highest BCUT2D eigenvalue weighted by atomic mass is 32.2. The summed E-state index contributed by atoms with van der Waals surface area (Å²) in [4.78, 5) is 4.70. The van der Waals surface area contributed by atoms with Gasteiger partial charge in [-0.1, -0.05) is 5.16 Å². The summed E-state index contributed by atoms with van der Waals surface area (Å²) >= 11 is 1.17. The number of sulfonamides is 1. The minimum absolute atomic E-state index is 0.138. The lowest BCUT2D eigenvalue weighted by molar-refractivity contribution is 0.429. The normalized spacial score (nSPS) is 11.7. The third-order valence-corrected chi connectivity index (χ3v) is 5.00. The molecule has 0 fully saturated rings. The topological polar surface area (TPSA) is 111 Å². The third-order valence-electron chi connectivity index (χ3n) is 2.04. The molecule has 0 saturated carbocycles. The molecule has 0 bridgehead atoms. The Morgan fingerprint density at radius 1 is 1.50 bits per heavy atom. The fraction of sp³-hybridized carbons (Fsp3) is 0.333. The van der Waals surface area contributed by atoms with Gasteiger partial charge in [0.25, 0.3) is 10.0 Å². The maximum Gasteiger partial charge on any atom is 0.335 e. The summed E-state index contributed by atoms with van der Waals surface area (Å²) in [5.41, 5.74) is 5.41. The van der Waals surface area contributed by atoms with Crippen molar-refractivity contribution in [3.05, 3.63) is 22.8 Å². The van der Waals surface area contributed by atoms with E-state index in [9.17, 15) is 8.42 Å². The monoisotopic (exact) mass is 288 g/mol. The van der Waals surface area contributed by atoms with Gasteiger partial charge in [0.15, 0.2) is 5.82 Å². The molecule has 0 amide bonds. The van der Waals surface area contributed by atoms with Crippen LogP contribution in [0.5, 0.6) is 0 Å². The van der Waals surface area contributed by atoms with Crippen LogP contribution in [0.1, 0.15) is 10.7 Å². The zero-order chi connectivity index (χ0) is 13.2. The van der Waals surface area contributed by atoms with Crippen LogP contribution in [-0.4, -0.2) is 25.1 Å². The van der Waals surface area contributed by atoms with Gasteiger partial charge in [-0.3, -0.25) is 0 Å². The van der Waals surface area contributed by atoms with E-state index < -0.39 is 10.0 Å². The van der Waals surface area contributed by atoms with E-state index in [1.54, 1.807) is 13.0 Å². The zero-order valence-electron chi connectivity index (χ0n) is 9.58. The standard InChI is InChI=1S/C9H12N4O3S2/c1-6-11-9(16-12-6)13-18(14,15)8-3-2-7(17-8)4-5-10/h2-3H,4-5,10H2,1H3,(H,11,12,13). The summed E-state index contributed by atoms with van der Waals surface area (Å²) in [5.74, 6) is 0.364. The first-order chi connectivity index (χ1) is 8.51. The minimum atomic E-state index is -3.67. The molecule has 0 aliphatic heterocycles. The molecule has 0 atom stereocenters. The highest BCUT2D eigenvalue weighted by Crippen LogP contribution is 2.23. The molecule has 0 aliphatic rings. The fourth-order valence-electron chi connectivity index (χ4n) is 1.28. The predicted octanol–water partition coefficient (Wildman–Crippen LogP) is 0.742. The van der Waals surface area contributed by atoms with Gasteiger partial charge in [0, 0.05) is 4.88 Å². The van der Waals surface area contributed by atoms with Crippen molar-refractivity contribution in [1.29, 1.82) is 0 Å². The van der Waals surface area contributed by atoms with Crippen molar-refractivity contribution >= 4 is 27.4 Å². The average molecular weight is 288 g/mol. The summed E-state index contributed by atoms with van der Waals surface area (Å²) in [7, 11) is -3.67. The number of hydrogen-bond donors (Lipinski definition) is 2. The molecule has 0 spiro atoms. The molecule has 9 heteroatoms. The van der Waals surface area contributed by atoms with E-state index in [4.69, 9.17) is 10.3 Å². The number of hydrogen-bond acceptors (Lipinski definition) is 7. The van der Waals surface area contributed by atoms with Gasteiger partial charge in [-0.2, -0.15) is 4.98 Å². The maximum absolute atomic E-state index is 12.0. The van der Waals surface area contributed by atoms with Crippen LogP contribution in [0, 0.1) is 6.92 Å². The lowest BCUT2D eigenvalue weighted by atomic mass is 10.3. The van der Waals surface area contributed by atoms with E-state index in [-0.39, 0.29) is 10.2 Å². The van der Waals surface area contributed by atoms with Crippen LogP contribution in [-0.2, 0) is 16.4 Å². The van der Waals surface area contributed by atoms with Crippen LogP contribution < -0.4 is 10.5 Å². The highest BCUT2D eigenvalue weighted by Gasteiger charge is 2.19. The van der Waals surface area contributed by atoms with Gasteiger partial charge >= 0.3 is 6.01 Å². The Bertz CT molecular complexity index is 632. The summed E-state index contributed by atoms with van der Waals surface area (Å²) in [6.45, 7) is 2.09. The molecule has 2 heterocycles. The van der Waals surface area contributed by atoms with Crippen LogP contribution in [0.3, 0.4) is 0 Å². The Balaban J connectivity index is 2.19. The van der Waals surface area contributed by atoms with Gasteiger partial charge in [0.05, 0.1) is 0 Å². The van der Waals surface area contributed by atoms with Crippen LogP contribution in [0.25, 0.3) is 0 Å². The van der Waals surface area contributed by atoms with Gasteiger partial charge in [-0.25, -0.2) is 13.1 Å². The average Bonchev–Trinajstić information content (AvgIpc) is 2.88. The van der Waals surface area contributed by atoms with Crippen molar-refractivity contribution in [2.75, 3.05) is 11.3 Å². The number of aryl methyl sites for hydroxylation is 1. The molecule has 3 N–H and O–H groups in total. The van der Waals surface area contributed by atoms with E-state index in [0.717, 1.165) is 4.88 Å². The highest BCUT2D eigenvalue weighted by molar-refractivity contribution is 7.94. The van der Waals surface area contributed by atoms with Gasteiger partial charge in [-0.05, 0) is 32.0 Å². The molecule has 2 rings (SSSR count). The van der Waals surface area contributed by atoms with Crippen LogP contribution in [0.15, 0.2) is 20.9 Å². The van der Waals surface area contributed by atoms with E-state index in [1.807, 2.05) is 0 Å². The summed E-state index contributed by atoms with van der Waals surface area (Å²) in [5, 5.41) is 3.50. The number of rotatable bonds is 5. The van der Waals surface area contributed by atoms with Crippen molar-refractivity contribution in [3.8, 4) is 0 Å². The lowest BCUT2D eigenvalue weighted by Gasteiger charge is -1.99. The number of nitrogens with two attached hydrogens (primary N) is 1. The van der Waals surface area contributed by atoms with Gasteiger partial charge in [-0.15, -0.1) is 11.3 Å². The van der Waals surface area contributed by atoms with Crippen molar-refractivity contribution < 1.29 is 12.9 Å². The quantitative estimate of drug-likeness (QED) is 0.839. The Morgan fingerprint density at radius 3 is 2.89 bits per heavy atom. The second kappa shape index (κ2) is 5.04. The fourth-order valence-corrected chi connectivity index (χ4v) is 3.58. The number of thiophene rings is 1. The molecule has 0 radical (unpaired) electrons. The Morgan fingerprint density at radius 2 is 2.28 bits per heavy atom. The van der Waals surface area contributed by atoms with Crippen molar-refractivity contribution in [2.45, 2.75) is 17.6 Å². The molecular weight excluding hydrogens is 276 g/mol. The molecule has 0 unspecified atom stereocenters. The first-order valence-electron chi connectivity index (χ1n) is 5.13. The second-order valence-electron chi connectivity index (χ2n) is 3.51. The molecule has 2 aromatic rings. The van der Waals surface area contributed by atoms with Crippen molar-refractivity contribution in [1.82, 2.24) is 10.1 Å². The lowest BCUT2D eigenvalue weighted by Crippen LogP contribution is -2.11. The number of nitrogens with zero attached hydrogens (tertiary/aromatic N) is 2. The summed E-state index contributed by atoms with van der Waals surface area (Å²) in [6, 6.07) is 3.13. The third kappa shape index (κ3) is 2.86. The molecule has 2 aromatic heterocycles. The zero-order valence-corrected chi connectivity index (χ0v) is 11.2. The van der Waals surface area contributed by atoms with E-state index in [0.29, 0.717) is 18.8 Å². The Kier molecular flexibility index (Phi) is 3.64. The first-order valence-corrected chi connectivity index (χ1v) is 7.43. The molecule has 7 nitrogen and oxygen atoms in total. The Hall–Kier alpha value is -1.45. The van der Waals surface area contributed by atoms with Gasteiger partial charge in [0.2, 0.25) is 0 Å². The van der Waals surface area contributed by atoms with Crippen molar-refractivity contribution in [3.63, 3.8) is 0 Å². The van der Waals surface area contributed by atoms with Crippen LogP contribution in [0.2, 0.25) is 0 Å². The van der Waals surface area contributed by atoms with Gasteiger partial charge in [0.1, 0.15) is 4.21 Å². The second-order valence-corrected chi connectivity index (χ2v) is 6.59. The van der Waals surface area contributed by atoms with E-state index in [2.05, 4.69) is 14.9 Å². The van der Waals surface area contributed by atoms with E-state index >= 15 is 0 Å². The maximum atomic E-state index is 12.0. The summed E-state index contributed by atoms with van der Waals surface area (Å²) < 4.78 is 31.1. The molecule has 98 valence electrons. The smallest absolute Gasteiger partial charge is 0.330 e. The minimum Gasteiger partial charge on any atom is -0.330 e. The van der Waals surface area contributed by atoms with Crippen molar-refractivity contribution in [2.24, 2.45) is 5.73 Å². The molecular formula is C9H12N4O3S2. The van der Waals surface area contributed by atoms with E-state index in [1.165, 1.54) is 17.4 Å². The number of anilines is 1. The van der Waals surface area contributed by atoms with Crippen LogP contribution in [0.4, 0.5) is 6.01 Å². The largest absolute Gasteiger partial charge is 0.335 e. The van der Waals surface area contributed by atoms with Gasteiger partial charge < -0.3 is 10.3 Å². The Labute approximate surface area is 108 Å². The first kappa shape index (κ1) is 13.0. The number of aromatic nitrogens is 2. The summed E-state index contributed by atoms with van der Waals surface area (Å²) in [6.07, 6.45) is 0.653. The molecule has 0 aliphatic carbocycles. The molecule has 0 aromatic carbocycles.